The molecule has 2 aromatic carbocycles. The van der Waals surface area contributed by atoms with Gasteiger partial charge in [0.1, 0.15) is 5.66 Å². The van der Waals surface area contributed by atoms with Gasteiger partial charge in [0.15, 0.2) is 16.0 Å². The zero-order valence-corrected chi connectivity index (χ0v) is 22.4. The van der Waals surface area contributed by atoms with Gasteiger partial charge in [-0.2, -0.15) is 0 Å². The summed E-state index contributed by atoms with van der Waals surface area (Å²) in [5, 5.41) is 9.97. The second-order valence-electron chi connectivity index (χ2n) is 6.59. The quantitative estimate of drug-likeness (QED) is 0.204. The van der Waals surface area contributed by atoms with Crippen LogP contribution in [0, 0.1) is 0 Å². The van der Waals surface area contributed by atoms with E-state index in [2.05, 4.69) is 77.6 Å². The van der Waals surface area contributed by atoms with Crippen LogP contribution in [0.5, 0.6) is 0 Å². The lowest BCUT2D eigenvalue weighted by atomic mass is 10.0. The lowest BCUT2D eigenvalue weighted by Gasteiger charge is -2.35. The molecule has 1 saturated heterocycles. The molecule has 1 aliphatic rings. The first-order valence-corrected chi connectivity index (χ1v) is 11.5. The third-order valence-corrected chi connectivity index (χ3v) is 5.02. The third kappa shape index (κ3) is 13.2. The molecule has 2 aromatic rings. The third-order valence-electron chi connectivity index (χ3n) is 3.83. The Hall–Kier alpha value is -2.61. The van der Waals surface area contributed by atoms with Crippen LogP contribution in [-0.2, 0) is 5.66 Å². The Balaban J connectivity index is 0. The number of amides is 4. The highest BCUT2D eigenvalue weighted by Gasteiger charge is 2.35. The van der Waals surface area contributed by atoms with Crippen LogP contribution in [0.1, 0.15) is 44.6 Å². The second-order valence-corrected chi connectivity index (χ2v) is 9.30. The Morgan fingerprint density at radius 2 is 1.37 bits per heavy atom. The van der Waals surface area contributed by atoms with Crippen LogP contribution in [0.2, 0.25) is 0 Å². The molecule has 9 nitrogen and oxygen atoms in total. The molecule has 0 unspecified atom stereocenters. The number of halogens is 2. The summed E-state index contributed by atoms with van der Waals surface area (Å²) in [5.74, 6) is 0.0984. The molecule has 1 heterocycles. The van der Waals surface area contributed by atoms with Gasteiger partial charge in [0.25, 0.3) is 0 Å². The first-order valence-electron chi connectivity index (χ1n) is 9.12. The first kappa shape index (κ1) is 34.6. The zero-order valence-electron chi connectivity index (χ0n) is 17.6. The maximum atomic E-state index is 11.3. The van der Waals surface area contributed by atoms with Crippen LogP contribution in [-0.4, -0.2) is 28.1 Å². The van der Waals surface area contributed by atoms with Gasteiger partial charge < -0.3 is 27.4 Å². The molecule has 1 fully saturated rings. The molecule has 0 saturated carbocycles. The molecule has 8 N–H and O–H groups in total. The van der Waals surface area contributed by atoms with Gasteiger partial charge in [-0.3, -0.25) is 10.1 Å². The van der Waals surface area contributed by atoms with Gasteiger partial charge >= 0.3 is 12.1 Å². The van der Waals surface area contributed by atoms with Crippen molar-refractivity contribution in [2.75, 3.05) is 0 Å². The van der Waals surface area contributed by atoms with Gasteiger partial charge in [0.2, 0.25) is 0 Å². The van der Waals surface area contributed by atoms with Crippen molar-refractivity contribution in [3.05, 3.63) is 68.6 Å². The average Bonchev–Trinajstić information content (AvgIpc) is 2.67. The molecule has 4 amide bonds. The van der Waals surface area contributed by atoms with Gasteiger partial charge in [0, 0.05) is 14.5 Å². The first-order chi connectivity index (χ1) is 15.3. The Morgan fingerprint density at radius 3 is 1.71 bits per heavy atom. The van der Waals surface area contributed by atoms with Crippen LogP contribution in [0.3, 0.4) is 0 Å². The van der Waals surface area contributed by atoms with E-state index in [1.165, 1.54) is 0 Å². The highest BCUT2D eigenvalue weighted by atomic mass is 79.9. The minimum Gasteiger partial charge on any atom is -0.376 e. The zero-order chi connectivity index (χ0) is 25.2. The van der Waals surface area contributed by atoms with Crippen LogP contribution < -0.4 is 32.7 Å². The summed E-state index contributed by atoms with van der Waals surface area (Å²) < 4.78 is 1.83. The molecule has 0 radical (unpaired) electrons. The van der Waals surface area contributed by atoms with Gasteiger partial charge in [0.05, 0.1) is 0 Å². The lowest BCUT2D eigenvalue weighted by Crippen LogP contribution is -2.66. The molecule has 0 aromatic heterocycles. The van der Waals surface area contributed by atoms with Crippen molar-refractivity contribution in [3.63, 3.8) is 0 Å². The van der Waals surface area contributed by atoms with Gasteiger partial charge in [-0.15, -0.1) is 0 Å². The largest absolute Gasteiger partial charge is 0.376 e. The van der Waals surface area contributed by atoms with E-state index in [1.54, 1.807) is 19.9 Å². The number of hydrogen-bond acceptors (Lipinski definition) is 5. The number of carbonyl (C=O) groups excluding carboxylic acids is 3. The number of rotatable bonds is 2. The molecule has 0 bridgehead atoms. The van der Waals surface area contributed by atoms with Crippen LogP contribution >= 0.6 is 56.3 Å². The Morgan fingerprint density at radius 1 is 0.914 bits per heavy atom. The van der Waals surface area contributed by atoms with E-state index in [4.69, 9.17) is 11.5 Å². The second kappa shape index (κ2) is 16.1. The molecule has 0 aliphatic carbocycles. The number of benzene rings is 2. The summed E-state index contributed by atoms with van der Waals surface area (Å²) in [7, 11) is 0. The number of thiocarbonyl (C=S) groups is 2. The summed E-state index contributed by atoms with van der Waals surface area (Å²) in [6, 6.07) is 13.7. The fourth-order valence-corrected chi connectivity index (χ4v) is 3.51. The number of nitrogens with two attached hydrogens (primary N) is 2. The van der Waals surface area contributed by atoms with Gasteiger partial charge in [-0.25, -0.2) is 9.59 Å². The molecule has 1 aliphatic heterocycles. The number of imide groups is 1. The van der Waals surface area contributed by atoms with Crippen molar-refractivity contribution in [1.29, 1.82) is 0 Å². The smallest absolute Gasteiger partial charge is 0.324 e. The maximum absolute atomic E-state index is 11.3. The minimum absolute atomic E-state index is 0. The Labute approximate surface area is 233 Å². The number of ketones is 1. The minimum atomic E-state index is -0.886. The molecule has 35 heavy (non-hydrogen) atoms. The number of carbonyl (C=O) groups is 3. The van der Waals surface area contributed by atoms with Gasteiger partial charge in [-0.1, -0.05) is 71.0 Å². The topological polar surface area (TPSA) is 151 Å². The lowest BCUT2D eigenvalue weighted by molar-refractivity contribution is 0.101. The van der Waals surface area contributed by atoms with Crippen LogP contribution in [0.4, 0.5) is 9.59 Å². The van der Waals surface area contributed by atoms with E-state index in [9.17, 15) is 14.4 Å². The number of hydrogen-bond donors (Lipinski definition) is 6. The van der Waals surface area contributed by atoms with Crippen molar-refractivity contribution < 1.29 is 14.4 Å². The predicted molar refractivity (Wildman–Crippen MR) is 156 cm³/mol. The number of urea groups is 2. The molecular weight excluding hydrogens is 620 g/mol. The summed E-state index contributed by atoms with van der Waals surface area (Å²) in [5.41, 5.74) is 10.5. The SMILES string of the molecule is C.C.CC(=O)c1cccc(Br)c1.CC1(c2cccc(Br)c2)NC(=O)NC(=O)N1.NC(=S)NC(N)=S. The van der Waals surface area contributed by atoms with E-state index in [0.717, 1.165) is 20.1 Å². The molecule has 13 heteroatoms. The maximum Gasteiger partial charge on any atom is 0.324 e. The fourth-order valence-electron chi connectivity index (χ4n) is 2.42. The normalized spacial score (nSPS) is 12.6. The summed E-state index contributed by atoms with van der Waals surface area (Å²) >= 11 is 15.4. The summed E-state index contributed by atoms with van der Waals surface area (Å²) in [6.45, 7) is 3.28. The Kier molecular flexibility index (Phi) is 15.9. The van der Waals surface area contributed by atoms with Gasteiger partial charge in [-0.05, 0) is 68.1 Å². The fraction of sp³-hybridized carbons (Fsp3) is 0.227. The van der Waals surface area contributed by atoms with E-state index < -0.39 is 17.7 Å². The predicted octanol–water partition coefficient (Wildman–Crippen LogP) is 4.63. The van der Waals surface area contributed by atoms with Crippen molar-refractivity contribution in [3.8, 4) is 0 Å². The Bertz CT molecular complexity index is 1040. The molecular formula is C22H30Br2N6O3S2. The average molecular weight is 650 g/mol. The molecule has 3 rings (SSSR count). The van der Waals surface area contributed by atoms with E-state index in [-0.39, 0.29) is 30.9 Å². The molecule has 0 atom stereocenters. The highest BCUT2D eigenvalue weighted by Crippen LogP contribution is 2.22. The standard InChI is InChI=1S/C10H10BrN3O2.C8H7BrO.C2H5N3S2.2CH4/c1-10(6-3-2-4-7(11)5-6)13-8(15)12-9(16)14-10;1-6(10)7-3-2-4-8(9)5-7;3-1(6)5-2(4)7;;/h2-5H,1H3,(H3,12,13,14,15,16);2-5H,1H3;(H5,3,4,5,6,7);2*1H4. The van der Waals surface area contributed by atoms with Crippen molar-refractivity contribution in [2.24, 2.45) is 11.5 Å². The summed E-state index contributed by atoms with van der Waals surface area (Å²) in [6.07, 6.45) is 0. The van der Waals surface area contributed by atoms with E-state index >= 15 is 0 Å². The van der Waals surface area contributed by atoms with Crippen LogP contribution in [0.15, 0.2) is 57.5 Å². The summed E-state index contributed by atoms with van der Waals surface area (Å²) in [4.78, 5) is 33.3. The highest BCUT2D eigenvalue weighted by molar-refractivity contribution is 9.10. The van der Waals surface area contributed by atoms with Crippen molar-refractivity contribution in [2.45, 2.75) is 34.4 Å². The van der Waals surface area contributed by atoms with Crippen LogP contribution in [0.25, 0.3) is 0 Å². The van der Waals surface area contributed by atoms with Crippen molar-refractivity contribution in [1.82, 2.24) is 21.3 Å². The number of Topliss-reactive ketones (excluding diaryl/α,β-unsaturated/α-hetero) is 1. The monoisotopic (exact) mass is 648 g/mol. The van der Waals surface area contributed by atoms with E-state index in [1.807, 2.05) is 42.5 Å². The number of nitrogens with one attached hydrogen (secondary N) is 4. The molecule has 0 spiro atoms. The van der Waals surface area contributed by atoms with Crippen molar-refractivity contribution >= 4 is 84.4 Å². The molecule has 192 valence electrons. The van der Waals surface area contributed by atoms with E-state index in [0.29, 0.717) is 0 Å².